The van der Waals surface area contributed by atoms with Crippen molar-refractivity contribution in [2.75, 3.05) is 11.1 Å². The van der Waals surface area contributed by atoms with Gasteiger partial charge in [-0.05, 0) is 61.2 Å². The third-order valence-corrected chi connectivity index (χ3v) is 6.37. The molecule has 1 aliphatic rings. The Hall–Kier alpha value is -2.21. The molecule has 0 saturated heterocycles. The van der Waals surface area contributed by atoms with Crippen LogP contribution in [-0.4, -0.2) is 20.1 Å². The van der Waals surface area contributed by atoms with Crippen LogP contribution in [0, 0.1) is 11.7 Å². The predicted molar refractivity (Wildman–Crippen MR) is 94.8 cm³/mol. The lowest BCUT2D eigenvalue weighted by atomic mass is 10.1. The number of hydrogen-bond acceptors (Lipinski definition) is 3. The molecule has 2 aromatic carbocycles. The molecule has 0 aliphatic heterocycles. The molecule has 0 heterocycles. The summed E-state index contributed by atoms with van der Waals surface area (Å²) in [5.74, 6) is -0.472. The molecule has 1 N–H and O–H groups in total. The SMILES string of the molecule is O=C(Nc1ccc(F)cc1)c1cccc(S(=O)(=O)CC2CCCC2)c1. The monoisotopic (exact) mass is 361 g/mol. The average molecular weight is 361 g/mol. The topological polar surface area (TPSA) is 63.2 Å². The van der Waals surface area contributed by atoms with Crippen molar-refractivity contribution in [2.24, 2.45) is 5.92 Å². The maximum Gasteiger partial charge on any atom is 0.255 e. The van der Waals surface area contributed by atoms with Gasteiger partial charge in [-0.3, -0.25) is 4.79 Å². The van der Waals surface area contributed by atoms with Crippen LogP contribution in [0.3, 0.4) is 0 Å². The van der Waals surface area contributed by atoms with Gasteiger partial charge in [0.1, 0.15) is 5.82 Å². The highest BCUT2D eigenvalue weighted by Gasteiger charge is 2.24. The second-order valence-corrected chi connectivity index (χ2v) is 8.45. The first-order valence-corrected chi connectivity index (χ1v) is 9.99. The lowest BCUT2D eigenvalue weighted by Gasteiger charge is -2.11. The van der Waals surface area contributed by atoms with E-state index >= 15 is 0 Å². The fraction of sp³-hybridized carbons (Fsp3) is 0.316. The van der Waals surface area contributed by atoms with Crippen molar-refractivity contribution in [1.29, 1.82) is 0 Å². The second kappa shape index (κ2) is 7.35. The number of amides is 1. The van der Waals surface area contributed by atoms with E-state index in [0.717, 1.165) is 25.7 Å². The van der Waals surface area contributed by atoms with Crippen LogP contribution >= 0.6 is 0 Å². The molecule has 2 aromatic rings. The summed E-state index contributed by atoms with van der Waals surface area (Å²) >= 11 is 0. The van der Waals surface area contributed by atoms with E-state index in [1.54, 1.807) is 12.1 Å². The summed E-state index contributed by atoms with van der Waals surface area (Å²) in [6, 6.07) is 11.5. The van der Waals surface area contributed by atoms with Crippen LogP contribution in [0.4, 0.5) is 10.1 Å². The molecule has 0 aromatic heterocycles. The molecular formula is C19H20FNO3S. The van der Waals surface area contributed by atoms with E-state index in [0.29, 0.717) is 5.69 Å². The molecule has 1 saturated carbocycles. The highest BCUT2D eigenvalue weighted by Crippen LogP contribution is 2.28. The highest BCUT2D eigenvalue weighted by molar-refractivity contribution is 7.91. The summed E-state index contributed by atoms with van der Waals surface area (Å²) in [5, 5.41) is 2.64. The minimum Gasteiger partial charge on any atom is -0.322 e. The van der Waals surface area contributed by atoms with Gasteiger partial charge in [0.15, 0.2) is 9.84 Å². The van der Waals surface area contributed by atoms with Gasteiger partial charge in [0, 0.05) is 11.3 Å². The number of sulfone groups is 1. The second-order valence-electron chi connectivity index (χ2n) is 6.42. The van der Waals surface area contributed by atoms with Gasteiger partial charge >= 0.3 is 0 Å². The van der Waals surface area contributed by atoms with E-state index in [2.05, 4.69) is 5.32 Å². The molecule has 0 atom stereocenters. The van der Waals surface area contributed by atoms with E-state index in [4.69, 9.17) is 0 Å². The Balaban J connectivity index is 1.76. The molecule has 1 fully saturated rings. The number of nitrogens with one attached hydrogen (secondary N) is 1. The molecule has 0 spiro atoms. The molecule has 0 bridgehead atoms. The van der Waals surface area contributed by atoms with Crippen molar-refractivity contribution in [3.63, 3.8) is 0 Å². The molecule has 0 radical (unpaired) electrons. The van der Waals surface area contributed by atoms with Crippen LogP contribution in [0.1, 0.15) is 36.0 Å². The zero-order valence-electron chi connectivity index (χ0n) is 13.7. The van der Waals surface area contributed by atoms with Crippen molar-refractivity contribution in [3.8, 4) is 0 Å². The summed E-state index contributed by atoms with van der Waals surface area (Å²) in [6.45, 7) is 0. The van der Waals surface area contributed by atoms with Gasteiger partial charge in [0.05, 0.1) is 10.6 Å². The normalized spacial score (nSPS) is 15.2. The zero-order chi connectivity index (χ0) is 17.9. The maximum absolute atomic E-state index is 12.9. The molecule has 1 aliphatic carbocycles. The Labute approximate surface area is 147 Å². The summed E-state index contributed by atoms with van der Waals surface area (Å²) in [6.07, 6.45) is 4.06. The lowest BCUT2D eigenvalue weighted by Crippen LogP contribution is -2.16. The van der Waals surface area contributed by atoms with Crippen LogP contribution in [0.25, 0.3) is 0 Å². The lowest BCUT2D eigenvalue weighted by molar-refractivity contribution is 0.102. The molecule has 0 unspecified atom stereocenters. The Morgan fingerprint density at radius 3 is 2.44 bits per heavy atom. The molecule has 132 valence electrons. The smallest absolute Gasteiger partial charge is 0.255 e. The van der Waals surface area contributed by atoms with Crippen LogP contribution in [0.5, 0.6) is 0 Å². The Kier molecular flexibility index (Phi) is 5.18. The molecular weight excluding hydrogens is 341 g/mol. The minimum absolute atomic E-state index is 0.135. The van der Waals surface area contributed by atoms with Gasteiger partial charge in [-0.1, -0.05) is 18.9 Å². The number of anilines is 1. The van der Waals surface area contributed by atoms with E-state index < -0.39 is 21.6 Å². The largest absolute Gasteiger partial charge is 0.322 e. The highest BCUT2D eigenvalue weighted by atomic mass is 32.2. The fourth-order valence-corrected chi connectivity index (χ4v) is 4.89. The van der Waals surface area contributed by atoms with Gasteiger partial charge in [-0.25, -0.2) is 12.8 Å². The van der Waals surface area contributed by atoms with Gasteiger partial charge in [0.2, 0.25) is 0 Å². The van der Waals surface area contributed by atoms with Crippen LogP contribution in [0.2, 0.25) is 0 Å². The third-order valence-electron chi connectivity index (χ3n) is 4.49. The molecule has 6 heteroatoms. The van der Waals surface area contributed by atoms with Crippen molar-refractivity contribution >= 4 is 21.4 Å². The first-order chi connectivity index (χ1) is 11.9. The van der Waals surface area contributed by atoms with E-state index in [1.807, 2.05) is 0 Å². The number of hydrogen-bond donors (Lipinski definition) is 1. The quantitative estimate of drug-likeness (QED) is 0.874. The Morgan fingerprint density at radius 2 is 1.76 bits per heavy atom. The number of halogens is 1. The van der Waals surface area contributed by atoms with Crippen molar-refractivity contribution in [3.05, 3.63) is 59.9 Å². The van der Waals surface area contributed by atoms with Crippen LogP contribution in [-0.2, 0) is 9.84 Å². The Bertz CT molecular complexity index is 856. The van der Waals surface area contributed by atoms with Crippen LogP contribution < -0.4 is 5.32 Å². The minimum atomic E-state index is -3.41. The van der Waals surface area contributed by atoms with E-state index in [1.165, 1.54) is 36.4 Å². The van der Waals surface area contributed by atoms with Gasteiger partial charge in [0.25, 0.3) is 5.91 Å². The first-order valence-electron chi connectivity index (χ1n) is 8.34. The van der Waals surface area contributed by atoms with Crippen molar-refractivity contribution in [1.82, 2.24) is 0 Å². The number of rotatable bonds is 5. The van der Waals surface area contributed by atoms with Gasteiger partial charge in [-0.15, -0.1) is 0 Å². The average Bonchev–Trinajstić information content (AvgIpc) is 3.09. The first kappa shape index (κ1) is 17.6. The predicted octanol–water partition coefficient (Wildman–Crippen LogP) is 4.04. The summed E-state index contributed by atoms with van der Waals surface area (Å²) in [4.78, 5) is 12.5. The van der Waals surface area contributed by atoms with E-state index in [9.17, 15) is 17.6 Å². The maximum atomic E-state index is 12.9. The zero-order valence-corrected chi connectivity index (χ0v) is 14.6. The molecule has 25 heavy (non-hydrogen) atoms. The summed E-state index contributed by atoms with van der Waals surface area (Å²) < 4.78 is 38.1. The number of carbonyl (C=O) groups excluding carboxylic acids is 1. The third kappa shape index (κ3) is 4.45. The van der Waals surface area contributed by atoms with E-state index in [-0.39, 0.29) is 22.1 Å². The van der Waals surface area contributed by atoms with Crippen LogP contribution in [0.15, 0.2) is 53.4 Å². The number of carbonyl (C=O) groups is 1. The standard InChI is InChI=1S/C19H20FNO3S/c20-16-8-10-17(11-9-16)21-19(22)15-6-3-7-18(12-15)25(23,24)13-14-4-1-2-5-14/h3,6-12,14H,1-2,4-5,13H2,(H,21,22). The summed E-state index contributed by atoms with van der Waals surface area (Å²) in [5.41, 5.74) is 0.711. The van der Waals surface area contributed by atoms with Gasteiger partial charge < -0.3 is 5.32 Å². The van der Waals surface area contributed by atoms with Crippen molar-refractivity contribution < 1.29 is 17.6 Å². The molecule has 4 nitrogen and oxygen atoms in total. The van der Waals surface area contributed by atoms with Gasteiger partial charge in [-0.2, -0.15) is 0 Å². The Morgan fingerprint density at radius 1 is 1.08 bits per heavy atom. The van der Waals surface area contributed by atoms with Crippen molar-refractivity contribution in [2.45, 2.75) is 30.6 Å². The molecule has 3 rings (SSSR count). The number of benzene rings is 2. The molecule has 1 amide bonds. The fourth-order valence-electron chi connectivity index (χ4n) is 3.15. The summed E-state index contributed by atoms with van der Waals surface area (Å²) in [7, 11) is -3.41.